The zero-order valence-corrected chi connectivity index (χ0v) is 10.2. The molecule has 3 nitrogen and oxygen atoms in total. The van der Waals surface area contributed by atoms with E-state index in [1.807, 2.05) is 0 Å². The summed E-state index contributed by atoms with van der Waals surface area (Å²) in [6.07, 6.45) is 5.62. The van der Waals surface area contributed by atoms with Crippen molar-refractivity contribution in [2.45, 2.75) is 26.2 Å². The fourth-order valence-electron chi connectivity index (χ4n) is 2.54. The van der Waals surface area contributed by atoms with Crippen molar-refractivity contribution in [1.82, 2.24) is 9.38 Å². The van der Waals surface area contributed by atoms with Crippen LogP contribution in [0.2, 0.25) is 0 Å². The Balaban J connectivity index is 1.83. The Hall–Kier alpha value is -1.35. The average Bonchev–Trinajstić information content (AvgIpc) is 2.74. The minimum Gasteiger partial charge on any atom is -0.381 e. The second-order valence-electron chi connectivity index (χ2n) is 4.89. The first-order chi connectivity index (χ1) is 8.33. The Morgan fingerprint density at radius 1 is 1.35 bits per heavy atom. The highest BCUT2D eigenvalue weighted by Crippen LogP contribution is 2.20. The van der Waals surface area contributed by atoms with Crippen LogP contribution in [0, 0.1) is 12.8 Å². The van der Waals surface area contributed by atoms with Crippen molar-refractivity contribution in [2.24, 2.45) is 5.92 Å². The zero-order chi connectivity index (χ0) is 11.7. The summed E-state index contributed by atoms with van der Waals surface area (Å²) in [4.78, 5) is 4.69. The van der Waals surface area contributed by atoms with E-state index in [0.717, 1.165) is 31.2 Å². The third kappa shape index (κ3) is 2.20. The van der Waals surface area contributed by atoms with E-state index < -0.39 is 0 Å². The molecule has 2 aromatic heterocycles. The second-order valence-corrected chi connectivity index (χ2v) is 4.89. The van der Waals surface area contributed by atoms with Crippen molar-refractivity contribution < 1.29 is 4.74 Å². The van der Waals surface area contributed by atoms with Crippen molar-refractivity contribution >= 4 is 5.65 Å². The highest BCUT2D eigenvalue weighted by molar-refractivity contribution is 5.41. The molecule has 1 aliphatic heterocycles. The molecule has 0 spiro atoms. The third-order valence-corrected chi connectivity index (χ3v) is 3.58. The van der Waals surface area contributed by atoms with Gasteiger partial charge in [0.2, 0.25) is 0 Å². The molecule has 0 unspecified atom stereocenters. The van der Waals surface area contributed by atoms with Crippen molar-refractivity contribution in [3.05, 3.63) is 35.8 Å². The first-order valence-electron chi connectivity index (χ1n) is 6.34. The van der Waals surface area contributed by atoms with E-state index in [-0.39, 0.29) is 0 Å². The van der Waals surface area contributed by atoms with Gasteiger partial charge in [-0.2, -0.15) is 0 Å². The molecule has 0 amide bonds. The van der Waals surface area contributed by atoms with Crippen LogP contribution in [0.25, 0.3) is 5.65 Å². The molecular weight excluding hydrogens is 212 g/mol. The van der Waals surface area contributed by atoms with E-state index in [0.29, 0.717) is 0 Å². The van der Waals surface area contributed by atoms with Gasteiger partial charge in [0.05, 0.1) is 5.69 Å². The van der Waals surface area contributed by atoms with E-state index >= 15 is 0 Å². The van der Waals surface area contributed by atoms with E-state index in [9.17, 15) is 0 Å². The number of aromatic nitrogens is 2. The molecular formula is C14H18N2O. The summed E-state index contributed by atoms with van der Waals surface area (Å²) < 4.78 is 7.57. The summed E-state index contributed by atoms with van der Waals surface area (Å²) in [5.74, 6) is 0.744. The number of pyridine rings is 1. The second kappa shape index (κ2) is 4.49. The first kappa shape index (κ1) is 10.8. The monoisotopic (exact) mass is 230 g/mol. The first-order valence-corrected chi connectivity index (χ1v) is 6.34. The molecule has 0 atom stereocenters. The van der Waals surface area contributed by atoms with E-state index in [1.165, 1.54) is 24.2 Å². The largest absolute Gasteiger partial charge is 0.381 e. The Kier molecular flexibility index (Phi) is 2.85. The van der Waals surface area contributed by atoms with Crippen molar-refractivity contribution in [1.29, 1.82) is 0 Å². The van der Waals surface area contributed by atoms with Crippen LogP contribution in [0.5, 0.6) is 0 Å². The molecule has 90 valence electrons. The van der Waals surface area contributed by atoms with Gasteiger partial charge >= 0.3 is 0 Å². The lowest BCUT2D eigenvalue weighted by atomic mass is 9.95. The number of hydrogen-bond donors (Lipinski definition) is 0. The van der Waals surface area contributed by atoms with Crippen LogP contribution in [-0.2, 0) is 11.2 Å². The van der Waals surface area contributed by atoms with Gasteiger partial charge < -0.3 is 9.14 Å². The van der Waals surface area contributed by atoms with Gasteiger partial charge in [0.25, 0.3) is 0 Å². The molecule has 3 rings (SSSR count). The molecule has 1 aliphatic rings. The Bertz CT molecular complexity index is 512. The van der Waals surface area contributed by atoms with Crippen LogP contribution in [0.1, 0.15) is 24.2 Å². The molecule has 0 aliphatic carbocycles. The fourth-order valence-corrected chi connectivity index (χ4v) is 2.54. The number of nitrogens with zero attached hydrogens (tertiary/aromatic N) is 2. The van der Waals surface area contributed by atoms with Crippen LogP contribution in [0.3, 0.4) is 0 Å². The lowest BCUT2D eigenvalue weighted by molar-refractivity contribution is 0.0663. The zero-order valence-electron chi connectivity index (χ0n) is 10.2. The molecule has 0 saturated carbocycles. The van der Waals surface area contributed by atoms with Crippen molar-refractivity contribution in [3.8, 4) is 0 Å². The van der Waals surface area contributed by atoms with E-state index in [4.69, 9.17) is 4.74 Å². The molecule has 0 N–H and O–H groups in total. The van der Waals surface area contributed by atoms with Crippen LogP contribution >= 0.6 is 0 Å². The SMILES string of the molecule is Cc1cccc2nc(CC3CCOCC3)cn12. The molecule has 1 fully saturated rings. The molecule has 17 heavy (non-hydrogen) atoms. The number of imidazole rings is 1. The minimum atomic E-state index is 0.744. The normalized spacial score (nSPS) is 17.7. The number of fused-ring (bicyclic) bond motifs is 1. The number of aryl methyl sites for hydroxylation is 1. The maximum Gasteiger partial charge on any atom is 0.137 e. The Morgan fingerprint density at radius 3 is 2.94 bits per heavy atom. The summed E-state index contributed by atoms with van der Waals surface area (Å²) in [6, 6.07) is 6.25. The van der Waals surface area contributed by atoms with Crippen molar-refractivity contribution in [2.75, 3.05) is 13.2 Å². The van der Waals surface area contributed by atoms with Gasteiger partial charge in [0.15, 0.2) is 0 Å². The number of ether oxygens (including phenoxy) is 1. The van der Waals surface area contributed by atoms with Gasteiger partial charge in [0, 0.05) is 25.1 Å². The predicted octanol–water partition coefficient (Wildman–Crippen LogP) is 2.61. The van der Waals surface area contributed by atoms with Crippen LogP contribution < -0.4 is 0 Å². The molecule has 0 bridgehead atoms. The predicted molar refractivity (Wildman–Crippen MR) is 67.2 cm³/mol. The number of rotatable bonds is 2. The van der Waals surface area contributed by atoms with Gasteiger partial charge in [-0.05, 0) is 44.2 Å². The number of hydrogen-bond acceptors (Lipinski definition) is 2. The topological polar surface area (TPSA) is 26.5 Å². The summed E-state index contributed by atoms with van der Waals surface area (Å²) in [5, 5.41) is 0. The third-order valence-electron chi connectivity index (χ3n) is 3.58. The maximum atomic E-state index is 5.39. The van der Waals surface area contributed by atoms with Crippen LogP contribution in [0.15, 0.2) is 24.4 Å². The molecule has 3 heterocycles. The van der Waals surface area contributed by atoms with Gasteiger partial charge in [-0.15, -0.1) is 0 Å². The standard InChI is InChI=1S/C14H18N2O/c1-11-3-2-4-14-15-13(10-16(11)14)9-12-5-7-17-8-6-12/h2-4,10,12H,5-9H2,1H3. The van der Waals surface area contributed by atoms with E-state index in [2.05, 4.69) is 40.7 Å². The van der Waals surface area contributed by atoms with Crippen molar-refractivity contribution in [3.63, 3.8) is 0 Å². The summed E-state index contributed by atoms with van der Waals surface area (Å²) in [5.41, 5.74) is 3.52. The maximum absolute atomic E-state index is 5.39. The molecule has 0 aromatic carbocycles. The van der Waals surface area contributed by atoms with Crippen LogP contribution in [0.4, 0.5) is 0 Å². The minimum absolute atomic E-state index is 0.744. The molecule has 3 heteroatoms. The Morgan fingerprint density at radius 2 is 2.18 bits per heavy atom. The quantitative estimate of drug-likeness (QED) is 0.792. The lowest BCUT2D eigenvalue weighted by Crippen LogP contribution is -2.17. The summed E-state index contributed by atoms with van der Waals surface area (Å²) in [7, 11) is 0. The highest BCUT2D eigenvalue weighted by Gasteiger charge is 2.15. The average molecular weight is 230 g/mol. The van der Waals surface area contributed by atoms with Gasteiger partial charge in [-0.25, -0.2) is 4.98 Å². The summed E-state index contributed by atoms with van der Waals surface area (Å²) in [6.45, 7) is 3.95. The van der Waals surface area contributed by atoms with E-state index in [1.54, 1.807) is 0 Å². The molecule has 2 aromatic rings. The molecule has 0 radical (unpaired) electrons. The Labute approximate surface area is 101 Å². The smallest absolute Gasteiger partial charge is 0.137 e. The highest BCUT2D eigenvalue weighted by atomic mass is 16.5. The van der Waals surface area contributed by atoms with Crippen LogP contribution in [-0.4, -0.2) is 22.6 Å². The molecule has 1 saturated heterocycles. The van der Waals surface area contributed by atoms with Gasteiger partial charge in [0.1, 0.15) is 5.65 Å². The van der Waals surface area contributed by atoms with Gasteiger partial charge in [-0.1, -0.05) is 6.07 Å². The fraction of sp³-hybridized carbons (Fsp3) is 0.500. The summed E-state index contributed by atoms with van der Waals surface area (Å²) >= 11 is 0. The van der Waals surface area contributed by atoms with Gasteiger partial charge in [-0.3, -0.25) is 0 Å². The lowest BCUT2D eigenvalue weighted by Gasteiger charge is -2.20.